The molecule has 0 heterocycles. The van der Waals surface area contributed by atoms with Gasteiger partial charge in [-0.2, -0.15) is 0 Å². The normalized spacial score (nSPS) is 25.3. The second kappa shape index (κ2) is 10.4. The average molecular weight is 367 g/mol. The lowest BCUT2D eigenvalue weighted by Gasteiger charge is -2.43. The van der Waals surface area contributed by atoms with Crippen LogP contribution in [0.15, 0.2) is 0 Å². The Kier molecular flexibility index (Phi) is 8.25. The third-order valence-electron chi connectivity index (χ3n) is 6.52. The molecule has 3 aliphatic carbocycles. The Hall–Kier alpha value is 0.0569. The summed E-state index contributed by atoms with van der Waals surface area (Å²) in [6.45, 7) is 3.32. The highest BCUT2D eigenvalue weighted by Crippen LogP contribution is 2.22. The molecule has 5 heteroatoms. The Labute approximate surface area is 157 Å². The molecule has 146 valence electrons. The Morgan fingerprint density at radius 2 is 0.880 bits per heavy atom. The van der Waals surface area contributed by atoms with Gasteiger partial charge in [-0.15, -0.1) is 0 Å². The Morgan fingerprint density at radius 1 is 0.560 bits per heavy atom. The van der Waals surface area contributed by atoms with Crippen LogP contribution in [0.5, 0.6) is 0 Å². The molecular formula is C20H42N4Si. The molecule has 3 aliphatic rings. The molecule has 4 N–H and O–H groups in total. The summed E-state index contributed by atoms with van der Waals surface area (Å²) in [5.41, 5.74) is 0. The van der Waals surface area contributed by atoms with E-state index < -0.39 is 8.72 Å². The van der Waals surface area contributed by atoms with Gasteiger partial charge in [-0.05, 0) is 45.1 Å². The summed E-state index contributed by atoms with van der Waals surface area (Å²) in [4.78, 5) is 16.5. The summed E-state index contributed by atoms with van der Waals surface area (Å²) in [7, 11) is -2.06. The van der Waals surface area contributed by atoms with E-state index in [9.17, 15) is 0 Å². The zero-order chi connectivity index (χ0) is 17.4. The van der Waals surface area contributed by atoms with Gasteiger partial charge in [0, 0.05) is 18.1 Å². The zero-order valence-electron chi connectivity index (χ0n) is 16.5. The van der Waals surface area contributed by atoms with Gasteiger partial charge in [0.2, 0.25) is 0 Å². The minimum atomic E-state index is -2.06. The Balaban J connectivity index is 1.69. The van der Waals surface area contributed by atoms with Crippen molar-refractivity contribution in [1.29, 1.82) is 0 Å². The average Bonchev–Trinajstić information content (AvgIpc) is 2.64. The molecule has 0 aromatic carbocycles. The van der Waals surface area contributed by atoms with Crippen LogP contribution in [0, 0.1) is 0 Å². The van der Waals surface area contributed by atoms with E-state index in [0.29, 0.717) is 18.1 Å². The van der Waals surface area contributed by atoms with Crippen molar-refractivity contribution in [3.63, 3.8) is 0 Å². The lowest BCUT2D eigenvalue weighted by atomic mass is 9.96. The summed E-state index contributed by atoms with van der Waals surface area (Å²) in [6, 6.07) is 2.10. The van der Waals surface area contributed by atoms with E-state index in [-0.39, 0.29) is 0 Å². The van der Waals surface area contributed by atoms with Crippen molar-refractivity contribution in [3.8, 4) is 0 Å². The van der Waals surface area contributed by atoms with Gasteiger partial charge in [0.25, 0.3) is 0 Å². The first kappa shape index (κ1) is 19.8. The predicted octanol–water partition coefficient (Wildman–Crippen LogP) is 3.80. The van der Waals surface area contributed by atoms with Crippen molar-refractivity contribution in [3.05, 3.63) is 0 Å². The van der Waals surface area contributed by atoms with Gasteiger partial charge in [-0.3, -0.25) is 14.9 Å². The van der Waals surface area contributed by atoms with Crippen molar-refractivity contribution in [2.45, 2.75) is 121 Å². The Morgan fingerprint density at radius 3 is 1.16 bits per heavy atom. The second-order valence-electron chi connectivity index (χ2n) is 8.72. The standard InChI is InChI=1S/C20H42N4Si/c1-2-21-25(22-18-12-6-3-7-13-18,23-19-14-8-4-9-15-19)24-20-16-10-5-11-17-20/h18-24H,2-17H2,1H3. The molecule has 0 saturated heterocycles. The van der Waals surface area contributed by atoms with Crippen LogP contribution in [0.25, 0.3) is 0 Å². The van der Waals surface area contributed by atoms with E-state index in [0.717, 1.165) is 6.54 Å². The Bertz CT molecular complexity index is 310. The molecular weight excluding hydrogens is 324 g/mol. The van der Waals surface area contributed by atoms with Gasteiger partial charge in [0.05, 0.1) is 0 Å². The predicted molar refractivity (Wildman–Crippen MR) is 109 cm³/mol. The molecule has 0 atom stereocenters. The summed E-state index contributed by atoms with van der Waals surface area (Å²) in [5, 5.41) is 0. The number of hydrogen-bond donors (Lipinski definition) is 4. The van der Waals surface area contributed by atoms with E-state index in [2.05, 4.69) is 26.9 Å². The van der Waals surface area contributed by atoms with Gasteiger partial charge < -0.3 is 4.98 Å². The minimum absolute atomic E-state index is 0.701. The van der Waals surface area contributed by atoms with Crippen molar-refractivity contribution in [2.24, 2.45) is 0 Å². The summed E-state index contributed by atoms with van der Waals surface area (Å²) in [6.07, 6.45) is 20.9. The lowest BCUT2D eigenvalue weighted by molar-refractivity contribution is 0.360. The highest BCUT2D eigenvalue weighted by atomic mass is 28.4. The van der Waals surface area contributed by atoms with E-state index in [1.165, 1.54) is 96.3 Å². The van der Waals surface area contributed by atoms with Gasteiger partial charge in [0.15, 0.2) is 0 Å². The first-order valence-corrected chi connectivity index (χ1v) is 13.4. The van der Waals surface area contributed by atoms with Crippen LogP contribution in [0.1, 0.15) is 103 Å². The fourth-order valence-electron chi connectivity index (χ4n) is 5.20. The van der Waals surface area contributed by atoms with E-state index in [1.54, 1.807) is 0 Å². The van der Waals surface area contributed by atoms with Gasteiger partial charge >= 0.3 is 8.72 Å². The molecule has 0 amide bonds. The molecule has 0 radical (unpaired) electrons. The highest BCUT2D eigenvalue weighted by molar-refractivity contribution is 6.70. The summed E-state index contributed by atoms with van der Waals surface area (Å²) < 4.78 is 0. The summed E-state index contributed by atoms with van der Waals surface area (Å²) >= 11 is 0. The molecule has 25 heavy (non-hydrogen) atoms. The topological polar surface area (TPSA) is 48.1 Å². The maximum atomic E-state index is 4.17. The van der Waals surface area contributed by atoms with E-state index in [1.807, 2.05) is 0 Å². The first-order chi connectivity index (χ1) is 12.3. The maximum absolute atomic E-state index is 4.17. The monoisotopic (exact) mass is 366 g/mol. The largest absolute Gasteiger partial charge is 0.366 e. The minimum Gasteiger partial charge on any atom is -0.301 e. The fraction of sp³-hybridized carbons (Fsp3) is 1.00. The molecule has 0 aromatic heterocycles. The number of rotatable bonds is 8. The molecule has 4 nitrogen and oxygen atoms in total. The van der Waals surface area contributed by atoms with Gasteiger partial charge in [0.1, 0.15) is 0 Å². The number of hydrogen-bond acceptors (Lipinski definition) is 4. The molecule has 0 unspecified atom stereocenters. The smallest absolute Gasteiger partial charge is 0.301 e. The van der Waals surface area contributed by atoms with Crippen LogP contribution in [0.2, 0.25) is 0 Å². The van der Waals surface area contributed by atoms with E-state index >= 15 is 0 Å². The van der Waals surface area contributed by atoms with Gasteiger partial charge in [-0.1, -0.05) is 64.7 Å². The fourth-order valence-corrected chi connectivity index (χ4v) is 8.99. The van der Waals surface area contributed by atoms with Crippen molar-refractivity contribution in [2.75, 3.05) is 6.54 Å². The molecule has 3 rings (SSSR count). The van der Waals surface area contributed by atoms with Crippen molar-refractivity contribution >= 4 is 8.72 Å². The van der Waals surface area contributed by atoms with Crippen molar-refractivity contribution < 1.29 is 0 Å². The quantitative estimate of drug-likeness (QED) is 0.494. The zero-order valence-corrected chi connectivity index (χ0v) is 17.5. The van der Waals surface area contributed by atoms with Crippen LogP contribution in [-0.2, 0) is 0 Å². The SMILES string of the molecule is CCN[Si](NC1CCCCC1)(NC1CCCCC1)NC1CCCCC1. The number of nitrogens with one attached hydrogen (secondary N) is 4. The third kappa shape index (κ3) is 6.31. The molecule has 0 bridgehead atoms. The second-order valence-corrected chi connectivity index (χ2v) is 11.4. The third-order valence-corrected chi connectivity index (χ3v) is 9.93. The van der Waals surface area contributed by atoms with Crippen molar-refractivity contribution in [1.82, 2.24) is 19.9 Å². The van der Waals surface area contributed by atoms with Crippen LogP contribution < -0.4 is 19.9 Å². The maximum Gasteiger partial charge on any atom is 0.366 e. The molecule has 0 aliphatic heterocycles. The van der Waals surface area contributed by atoms with E-state index in [4.69, 9.17) is 0 Å². The molecule has 3 saturated carbocycles. The molecule has 0 spiro atoms. The van der Waals surface area contributed by atoms with Crippen LogP contribution in [0.4, 0.5) is 0 Å². The molecule has 3 fully saturated rings. The molecule has 0 aromatic rings. The lowest BCUT2D eigenvalue weighted by Crippen LogP contribution is -2.84. The van der Waals surface area contributed by atoms with Crippen LogP contribution in [0.3, 0.4) is 0 Å². The van der Waals surface area contributed by atoms with Crippen LogP contribution in [-0.4, -0.2) is 33.4 Å². The van der Waals surface area contributed by atoms with Gasteiger partial charge in [-0.25, -0.2) is 0 Å². The highest BCUT2D eigenvalue weighted by Gasteiger charge is 2.41. The summed E-state index contributed by atoms with van der Waals surface area (Å²) in [5.74, 6) is 0. The first-order valence-electron chi connectivity index (χ1n) is 11.4. The van der Waals surface area contributed by atoms with Crippen LogP contribution >= 0.6 is 0 Å².